The van der Waals surface area contributed by atoms with E-state index in [1.807, 2.05) is 39.8 Å². The lowest BCUT2D eigenvalue weighted by atomic mass is 9.47. The first-order valence-electron chi connectivity index (χ1n) is 16.6. The molecule has 1 aromatic rings. The van der Waals surface area contributed by atoms with Crippen LogP contribution in [0.4, 0.5) is 4.79 Å². The average Bonchev–Trinajstić information content (AvgIpc) is 3.35. The van der Waals surface area contributed by atoms with E-state index in [0.29, 0.717) is 37.4 Å². The van der Waals surface area contributed by atoms with Crippen molar-refractivity contribution in [1.29, 1.82) is 0 Å². The second-order valence-electron chi connectivity index (χ2n) is 14.1. The summed E-state index contributed by atoms with van der Waals surface area (Å²) in [6.45, 7) is 10.1. The number of esters is 1. The van der Waals surface area contributed by atoms with Gasteiger partial charge in [0.2, 0.25) is 0 Å². The van der Waals surface area contributed by atoms with Gasteiger partial charge in [0.05, 0.1) is 30.3 Å². The molecule has 4 aliphatic rings. The van der Waals surface area contributed by atoms with E-state index in [-0.39, 0.29) is 36.5 Å². The number of aliphatic carboxylic acids is 1. The number of methoxy groups -OCH3 is 1. The number of nitrogens with one attached hydrogen (secondary N) is 1. The largest absolute Gasteiger partial charge is 0.493 e. The summed E-state index contributed by atoms with van der Waals surface area (Å²) in [6, 6.07) is 2.61. The van der Waals surface area contributed by atoms with Crippen LogP contribution in [0.2, 0.25) is 0 Å². The van der Waals surface area contributed by atoms with Gasteiger partial charge >= 0.3 is 18.0 Å². The third-order valence-electron chi connectivity index (χ3n) is 11.0. The van der Waals surface area contributed by atoms with Crippen molar-refractivity contribution in [3.05, 3.63) is 35.1 Å². The summed E-state index contributed by atoms with van der Waals surface area (Å²) < 4.78 is 29.9. The number of amides is 1. The van der Waals surface area contributed by atoms with Crippen molar-refractivity contribution in [3.8, 4) is 11.5 Å². The van der Waals surface area contributed by atoms with Gasteiger partial charge in [-0.3, -0.25) is 4.79 Å². The van der Waals surface area contributed by atoms with Crippen LogP contribution in [0.5, 0.6) is 11.5 Å². The van der Waals surface area contributed by atoms with Gasteiger partial charge in [0.1, 0.15) is 17.4 Å². The molecule has 2 unspecified atom stereocenters. The highest BCUT2D eigenvalue weighted by Crippen LogP contribution is 2.67. The lowest BCUT2D eigenvalue weighted by Gasteiger charge is -2.59. The molecule has 1 aliphatic heterocycles. The van der Waals surface area contributed by atoms with Gasteiger partial charge in [-0.25, -0.2) is 9.59 Å². The second-order valence-corrected chi connectivity index (χ2v) is 14.1. The average molecular weight is 644 g/mol. The van der Waals surface area contributed by atoms with E-state index in [2.05, 4.69) is 5.32 Å². The smallest absolute Gasteiger partial charge is 0.408 e. The van der Waals surface area contributed by atoms with Crippen molar-refractivity contribution >= 4 is 18.0 Å². The normalized spacial score (nSPS) is 27.7. The zero-order valence-corrected chi connectivity index (χ0v) is 27.9. The highest BCUT2D eigenvalue weighted by Gasteiger charge is 2.71. The molecule has 5 rings (SSSR count). The summed E-state index contributed by atoms with van der Waals surface area (Å²) >= 11 is 0. The number of ether oxygens (including phenoxy) is 5. The van der Waals surface area contributed by atoms with E-state index in [1.165, 1.54) is 0 Å². The summed E-state index contributed by atoms with van der Waals surface area (Å²) in [5.41, 5.74) is -1.06. The minimum Gasteiger partial charge on any atom is -0.493 e. The quantitative estimate of drug-likeness (QED) is 0.227. The molecule has 1 heterocycles. The lowest BCUT2D eigenvalue weighted by Crippen LogP contribution is -2.67. The second kappa shape index (κ2) is 12.7. The van der Waals surface area contributed by atoms with E-state index < -0.39 is 46.8 Å². The Kier molecular flexibility index (Phi) is 9.41. The number of carboxylic acids is 1. The Morgan fingerprint density at radius 1 is 1.17 bits per heavy atom. The lowest BCUT2D eigenvalue weighted by molar-refractivity contribution is -0.161. The molecule has 2 bridgehead atoms. The molecule has 1 amide bonds. The van der Waals surface area contributed by atoms with Gasteiger partial charge in [-0.2, -0.15) is 0 Å². The van der Waals surface area contributed by atoms with Crippen LogP contribution in [-0.4, -0.2) is 70.9 Å². The number of aliphatic hydroxyl groups is 1. The van der Waals surface area contributed by atoms with Crippen LogP contribution in [0.1, 0.15) is 104 Å². The number of rotatable bonds is 14. The number of hydrogen-bond donors (Lipinski definition) is 3. The Bertz CT molecular complexity index is 1390. The third-order valence-corrected chi connectivity index (χ3v) is 11.0. The van der Waals surface area contributed by atoms with Crippen LogP contribution in [0.3, 0.4) is 0 Å². The molecule has 1 saturated carbocycles. The zero-order valence-electron chi connectivity index (χ0n) is 27.9. The molecule has 0 radical (unpaired) electrons. The van der Waals surface area contributed by atoms with Crippen molar-refractivity contribution in [3.63, 3.8) is 0 Å². The third kappa shape index (κ3) is 5.96. The molecule has 254 valence electrons. The van der Waals surface area contributed by atoms with Crippen molar-refractivity contribution in [2.75, 3.05) is 13.7 Å². The summed E-state index contributed by atoms with van der Waals surface area (Å²) in [5, 5.41) is 24.3. The van der Waals surface area contributed by atoms with E-state index >= 15 is 0 Å². The Labute approximate surface area is 270 Å². The summed E-state index contributed by atoms with van der Waals surface area (Å²) in [4.78, 5) is 38.3. The molecular weight excluding hydrogens is 594 g/mol. The van der Waals surface area contributed by atoms with Crippen molar-refractivity contribution in [2.24, 2.45) is 5.92 Å². The fraction of sp³-hybridized carbons (Fsp3) is 0.686. The van der Waals surface area contributed by atoms with E-state index in [4.69, 9.17) is 23.7 Å². The topological polar surface area (TPSA) is 150 Å². The molecule has 3 aliphatic carbocycles. The van der Waals surface area contributed by atoms with Gasteiger partial charge in [-0.05, 0) is 89.3 Å². The minimum absolute atomic E-state index is 0.0266. The number of carboxylic acid groups (broad SMARTS) is 1. The van der Waals surface area contributed by atoms with Crippen LogP contribution in [0.15, 0.2) is 24.0 Å². The monoisotopic (exact) mass is 643 g/mol. The molecule has 46 heavy (non-hydrogen) atoms. The highest BCUT2D eigenvalue weighted by molar-refractivity contribution is 5.83. The van der Waals surface area contributed by atoms with E-state index in [0.717, 1.165) is 36.8 Å². The summed E-state index contributed by atoms with van der Waals surface area (Å²) in [6.07, 6.45) is 4.69. The Morgan fingerprint density at radius 2 is 1.93 bits per heavy atom. The van der Waals surface area contributed by atoms with Gasteiger partial charge in [-0.1, -0.05) is 26.3 Å². The SMILES string of the molecule is CCC(C)(C)OCCC(C)(CC)OC(=O)NC(CCC(=O)O)C(=O)OC1=CC[C@@]2(O)[C@@H]3CCC[C@@]24c2c(ccc(OC)c2O[C@@H]14)C3. The first-order valence-corrected chi connectivity index (χ1v) is 16.6. The maximum atomic E-state index is 13.7. The number of benzene rings is 1. The Balaban J connectivity index is 1.35. The Morgan fingerprint density at radius 3 is 2.61 bits per heavy atom. The predicted molar refractivity (Wildman–Crippen MR) is 168 cm³/mol. The van der Waals surface area contributed by atoms with Gasteiger partial charge < -0.3 is 39.2 Å². The van der Waals surface area contributed by atoms with Crippen LogP contribution >= 0.6 is 0 Å². The van der Waals surface area contributed by atoms with Gasteiger partial charge in [-0.15, -0.1) is 0 Å². The predicted octanol–water partition coefficient (Wildman–Crippen LogP) is 5.34. The molecule has 0 aromatic heterocycles. The molecule has 0 saturated heterocycles. The standard InChI is InChI=1S/C35H49NO10/c1-7-32(3,4)43-19-18-33(5,8-2)46-31(40)36-23(12-14-26(37)38)30(39)44-25-15-17-35(41)22-10-9-16-34(35)27-21(20-22)11-13-24(42-6)28(27)45-29(25)34/h11,13,15,22-23,29,41H,7-10,12,14,16-20H2,1-6H3,(H,36,40)(H,37,38)/t22-,23?,29+,33?,34+,35-/m1/s1. The van der Waals surface area contributed by atoms with Crippen LogP contribution in [-0.2, 0) is 35.6 Å². The number of hydrogen-bond acceptors (Lipinski definition) is 9. The summed E-state index contributed by atoms with van der Waals surface area (Å²) in [5.74, 6) is -0.572. The maximum Gasteiger partial charge on any atom is 0.408 e. The maximum absolute atomic E-state index is 13.7. The number of carbonyl (C=O) groups excluding carboxylic acids is 2. The van der Waals surface area contributed by atoms with Crippen molar-refractivity contribution in [1.82, 2.24) is 5.32 Å². The Hall–Kier alpha value is -3.31. The fourth-order valence-electron chi connectivity index (χ4n) is 7.73. The van der Waals surface area contributed by atoms with Crippen molar-refractivity contribution < 1.29 is 48.3 Å². The number of alkyl carbamates (subject to hydrolysis) is 1. The van der Waals surface area contributed by atoms with Gasteiger partial charge in [0.15, 0.2) is 17.6 Å². The van der Waals surface area contributed by atoms with Gasteiger partial charge in [0.25, 0.3) is 0 Å². The molecule has 6 atom stereocenters. The van der Waals surface area contributed by atoms with Crippen LogP contribution in [0, 0.1) is 5.92 Å². The summed E-state index contributed by atoms with van der Waals surface area (Å²) in [7, 11) is 1.57. The van der Waals surface area contributed by atoms with E-state index in [9.17, 15) is 24.6 Å². The molecular formula is C35H49NO10. The minimum atomic E-state index is -1.29. The zero-order chi connectivity index (χ0) is 33.5. The van der Waals surface area contributed by atoms with Crippen molar-refractivity contribution in [2.45, 2.75) is 133 Å². The molecule has 11 heteroatoms. The molecule has 1 aromatic carbocycles. The molecule has 1 fully saturated rings. The molecule has 1 spiro atoms. The molecule has 3 N–H and O–H groups in total. The fourth-order valence-corrected chi connectivity index (χ4v) is 7.73. The highest BCUT2D eigenvalue weighted by atomic mass is 16.6. The van der Waals surface area contributed by atoms with E-state index in [1.54, 1.807) is 20.1 Å². The van der Waals surface area contributed by atoms with Gasteiger partial charge in [0, 0.05) is 18.4 Å². The molecule has 11 nitrogen and oxygen atoms in total. The first kappa shape index (κ1) is 34.0. The van der Waals surface area contributed by atoms with Crippen LogP contribution in [0.25, 0.3) is 0 Å². The number of carbonyl (C=O) groups is 3. The first-order chi connectivity index (χ1) is 21.7. The van der Waals surface area contributed by atoms with Crippen LogP contribution < -0.4 is 14.8 Å².